The highest BCUT2D eigenvalue weighted by Crippen LogP contribution is 2.23. The largest absolute Gasteiger partial charge is 0.368 e. The minimum atomic E-state index is 0.805. The molecular weight excluding hydrogens is 314 g/mol. The van der Waals surface area contributed by atoms with E-state index in [2.05, 4.69) is 52.0 Å². The van der Waals surface area contributed by atoms with E-state index >= 15 is 0 Å². The van der Waals surface area contributed by atoms with E-state index in [4.69, 9.17) is 4.98 Å². The van der Waals surface area contributed by atoms with Crippen molar-refractivity contribution in [3.05, 3.63) is 29.0 Å². The fraction of sp³-hybridized carbons (Fsp3) is 0.556. The molecule has 0 amide bonds. The van der Waals surface area contributed by atoms with Gasteiger partial charge in [-0.25, -0.2) is 9.97 Å². The zero-order chi connectivity index (χ0) is 18.0. The second-order valence-electron chi connectivity index (χ2n) is 6.37. The van der Waals surface area contributed by atoms with Gasteiger partial charge in [0.15, 0.2) is 5.82 Å². The Kier molecular flexibility index (Phi) is 5.01. The van der Waals surface area contributed by atoms with Crippen LogP contribution in [0.15, 0.2) is 6.07 Å². The van der Waals surface area contributed by atoms with Crippen LogP contribution in [0.5, 0.6) is 0 Å². The van der Waals surface area contributed by atoms with Crippen LogP contribution in [0.2, 0.25) is 0 Å². The van der Waals surface area contributed by atoms with Crippen LogP contribution in [0.25, 0.3) is 11.0 Å². The molecule has 1 N–H and O–H groups in total. The van der Waals surface area contributed by atoms with Gasteiger partial charge in [0.2, 0.25) is 0 Å². The lowest BCUT2D eigenvalue weighted by atomic mass is 10.3. The lowest BCUT2D eigenvalue weighted by molar-refractivity contribution is 0.573. The topological polar surface area (TPSA) is 73.5 Å². The highest BCUT2D eigenvalue weighted by molar-refractivity contribution is 5.87. The molecule has 0 aliphatic rings. The normalized spacial score (nSPS) is 11.4. The van der Waals surface area contributed by atoms with E-state index in [0.29, 0.717) is 0 Å². The van der Waals surface area contributed by atoms with Gasteiger partial charge in [-0.1, -0.05) is 6.92 Å². The summed E-state index contributed by atoms with van der Waals surface area (Å²) in [5, 5.41) is 12.6. The van der Waals surface area contributed by atoms with E-state index in [1.54, 1.807) is 0 Å². The second kappa shape index (κ2) is 7.21. The van der Waals surface area contributed by atoms with Gasteiger partial charge in [0, 0.05) is 31.7 Å². The lowest BCUT2D eigenvalue weighted by Gasteiger charge is -2.10. The number of hydrogen-bond acceptors (Lipinski definition) is 5. The Hall–Kier alpha value is -2.44. The van der Waals surface area contributed by atoms with Crippen LogP contribution >= 0.6 is 0 Å². The monoisotopic (exact) mass is 341 g/mol. The van der Waals surface area contributed by atoms with Crippen LogP contribution in [0, 0.1) is 20.8 Å². The maximum absolute atomic E-state index is 4.70. The highest BCUT2D eigenvalue weighted by atomic mass is 15.3. The molecule has 0 aromatic carbocycles. The molecule has 0 saturated heterocycles. The Morgan fingerprint density at radius 1 is 1.04 bits per heavy atom. The van der Waals surface area contributed by atoms with E-state index < -0.39 is 0 Å². The minimum Gasteiger partial charge on any atom is -0.368 e. The lowest BCUT2D eigenvalue weighted by Crippen LogP contribution is -2.12. The van der Waals surface area contributed by atoms with E-state index in [1.165, 1.54) is 5.69 Å². The van der Waals surface area contributed by atoms with Crippen molar-refractivity contribution in [3.8, 4) is 0 Å². The number of fused-ring (bicyclic) bond motifs is 1. The molecule has 134 valence electrons. The number of nitrogens with zero attached hydrogens (tertiary/aromatic N) is 6. The maximum atomic E-state index is 4.70. The van der Waals surface area contributed by atoms with Gasteiger partial charge < -0.3 is 5.32 Å². The number of aryl methyl sites for hydroxylation is 6. The van der Waals surface area contributed by atoms with Crippen molar-refractivity contribution in [3.63, 3.8) is 0 Å². The molecule has 25 heavy (non-hydrogen) atoms. The van der Waals surface area contributed by atoms with E-state index in [1.807, 2.05) is 18.5 Å². The molecular formula is C18H27N7. The number of rotatable bonds is 7. The summed E-state index contributed by atoms with van der Waals surface area (Å²) in [6.07, 6.45) is 1.79. The van der Waals surface area contributed by atoms with Crippen molar-refractivity contribution in [2.45, 2.75) is 60.5 Å². The van der Waals surface area contributed by atoms with Crippen molar-refractivity contribution in [1.82, 2.24) is 29.5 Å². The predicted molar refractivity (Wildman–Crippen MR) is 99.9 cm³/mol. The summed E-state index contributed by atoms with van der Waals surface area (Å²) >= 11 is 0. The highest BCUT2D eigenvalue weighted by Gasteiger charge is 2.15. The van der Waals surface area contributed by atoms with Crippen LogP contribution in [-0.4, -0.2) is 36.1 Å². The van der Waals surface area contributed by atoms with Gasteiger partial charge in [0.25, 0.3) is 0 Å². The summed E-state index contributed by atoms with van der Waals surface area (Å²) in [5.41, 5.74) is 5.19. The van der Waals surface area contributed by atoms with E-state index in [0.717, 1.165) is 66.5 Å². The summed E-state index contributed by atoms with van der Waals surface area (Å²) in [6, 6.07) is 2.11. The summed E-state index contributed by atoms with van der Waals surface area (Å²) in [4.78, 5) is 9.37. The standard InChI is InChI=1S/C18H27N7/c1-6-15-20-16-14(5)23-24(7-2)17(16)18(21-15)19-9-8-10-25-13(4)11-12(3)22-25/h11H,6-10H2,1-5H3,(H,19,20,21). The molecule has 7 nitrogen and oxygen atoms in total. The maximum Gasteiger partial charge on any atom is 0.156 e. The van der Waals surface area contributed by atoms with Gasteiger partial charge in [-0.05, 0) is 40.2 Å². The van der Waals surface area contributed by atoms with Crippen LogP contribution in [-0.2, 0) is 19.5 Å². The Labute approximate surface area is 148 Å². The van der Waals surface area contributed by atoms with Gasteiger partial charge in [0.1, 0.15) is 16.9 Å². The molecule has 0 saturated carbocycles. The SMILES string of the molecule is CCc1nc(NCCCn2nc(C)cc2C)c2c(n1)c(C)nn2CC. The minimum absolute atomic E-state index is 0.805. The van der Waals surface area contributed by atoms with Crippen molar-refractivity contribution < 1.29 is 0 Å². The first-order valence-electron chi connectivity index (χ1n) is 9.02. The number of anilines is 1. The fourth-order valence-electron chi connectivity index (χ4n) is 3.12. The van der Waals surface area contributed by atoms with Crippen molar-refractivity contribution in [2.24, 2.45) is 0 Å². The summed E-state index contributed by atoms with van der Waals surface area (Å²) < 4.78 is 4.04. The molecule has 0 aliphatic carbocycles. The quantitative estimate of drug-likeness (QED) is 0.669. The Morgan fingerprint density at radius 3 is 2.48 bits per heavy atom. The summed E-state index contributed by atoms with van der Waals surface area (Å²) in [7, 11) is 0. The molecule has 3 aromatic heterocycles. The van der Waals surface area contributed by atoms with Crippen LogP contribution in [0.4, 0.5) is 5.82 Å². The van der Waals surface area contributed by atoms with Gasteiger partial charge in [-0.3, -0.25) is 9.36 Å². The predicted octanol–water partition coefficient (Wildman–Crippen LogP) is 3.03. The molecule has 3 aromatic rings. The van der Waals surface area contributed by atoms with Crippen LogP contribution in [0.1, 0.15) is 43.2 Å². The third kappa shape index (κ3) is 3.50. The molecule has 0 aliphatic heterocycles. The van der Waals surface area contributed by atoms with Gasteiger partial charge in [0.05, 0.1) is 11.4 Å². The summed E-state index contributed by atoms with van der Waals surface area (Å²) in [5.74, 6) is 1.74. The van der Waals surface area contributed by atoms with Crippen LogP contribution < -0.4 is 5.32 Å². The van der Waals surface area contributed by atoms with Crippen molar-refractivity contribution >= 4 is 16.9 Å². The van der Waals surface area contributed by atoms with E-state index in [-0.39, 0.29) is 0 Å². The molecule has 7 heteroatoms. The molecule has 0 unspecified atom stereocenters. The Bertz CT molecular complexity index is 875. The van der Waals surface area contributed by atoms with Crippen molar-refractivity contribution in [2.75, 3.05) is 11.9 Å². The third-order valence-corrected chi connectivity index (χ3v) is 4.36. The molecule has 0 spiro atoms. The molecule has 0 bridgehead atoms. The van der Waals surface area contributed by atoms with Crippen molar-refractivity contribution in [1.29, 1.82) is 0 Å². The molecule has 0 fully saturated rings. The first-order valence-corrected chi connectivity index (χ1v) is 9.02. The molecule has 3 rings (SSSR count). The zero-order valence-corrected chi connectivity index (χ0v) is 15.8. The van der Waals surface area contributed by atoms with Gasteiger partial charge in [-0.2, -0.15) is 10.2 Å². The first kappa shape index (κ1) is 17.4. The molecule has 0 radical (unpaired) electrons. The van der Waals surface area contributed by atoms with Gasteiger partial charge in [-0.15, -0.1) is 0 Å². The Balaban J connectivity index is 1.77. The number of nitrogens with one attached hydrogen (secondary N) is 1. The summed E-state index contributed by atoms with van der Waals surface area (Å²) in [6.45, 7) is 12.8. The average molecular weight is 341 g/mol. The third-order valence-electron chi connectivity index (χ3n) is 4.36. The second-order valence-corrected chi connectivity index (χ2v) is 6.37. The number of hydrogen-bond donors (Lipinski definition) is 1. The van der Waals surface area contributed by atoms with E-state index in [9.17, 15) is 0 Å². The number of aromatic nitrogens is 6. The van der Waals surface area contributed by atoms with Gasteiger partial charge >= 0.3 is 0 Å². The van der Waals surface area contributed by atoms with Crippen LogP contribution in [0.3, 0.4) is 0 Å². The first-order chi connectivity index (χ1) is 12.0. The molecule has 3 heterocycles. The fourth-order valence-corrected chi connectivity index (χ4v) is 3.12. The Morgan fingerprint density at radius 2 is 1.84 bits per heavy atom. The average Bonchev–Trinajstić information content (AvgIpc) is 3.10. The smallest absolute Gasteiger partial charge is 0.156 e. The molecule has 0 atom stereocenters. The zero-order valence-electron chi connectivity index (χ0n) is 15.8.